The van der Waals surface area contributed by atoms with Crippen molar-refractivity contribution in [3.8, 4) is 6.07 Å². The highest BCUT2D eigenvalue weighted by molar-refractivity contribution is 6.30. The number of pyridine rings is 1. The SMILES string of the molecule is N#Cc1ccnc(N2CCCC(CO)(Cc3cccc(Cl)c3)C2)c1. The molecule has 1 saturated heterocycles. The van der Waals surface area contributed by atoms with Crippen molar-refractivity contribution in [3.05, 3.63) is 58.7 Å². The fraction of sp³-hybridized carbons (Fsp3) is 0.368. The van der Waals surface area contributed by atoms with Gasteiger partial charge in [0.25, 0.3) is 0 Å². The number of piperidine rings is 1. The van der Waals surface area contributed by atoms with Crippen LogP contribution in [0.5, 0.6) is 0 Å². The summed E-state index contributed by atoms with van der Waals surface area (Å²) in [5.41, 5.74) is 1.53. The molecule has 0 bridgehead atoms. The molecular formula is C19H20ClN3O. The van der Waals surface area contributed by atoms with Crippen LogP contribution in [0.3, 0.4) is 0 Å². The number of halogens is 1. The fourth-order valence-electron chi connectivity index (χ4n) is 3.47. The Kier molecular flexibility index (Phi) is 5.03. The molecule has 1 N–H and O–H groups in total. The minimum absolute atomic E-state index is 0.119. The largest absolute Gasteiger partial charge is 0.396 e. The number of rotatable bonds is 4. The standard InChI is InChI=1S/C19H20ClN3O/c20-17-4-1-3-15(9-17)11-19(14-24)6-2-8-23(13-19)18-10-16(12-21)5-7-22-18/h1,3-5,7,9-10,24H,2,6,8,11,13-14H2. The number of aliphatic hydroxyl groups is 1. The number of aliphatic hydroxyl groups excluding tert-OH is 1. The highest BCUT2D eigenvalue weighted by Crippen LogP contribution is 2.35. The van der Waals surface area contributed by atoms with E-state index in [4.69, 9.17) is 16.9 Å². The quantitative estimate of drug-likeness (QED) is 0.925. The Morgan fingerprint density at radius 3 is 2.96 bits per heavy atom. The van der Waals surface area contributed by atoms with Crippen LogP contribution in [0.4, 0.5) is 5.82 Å². The molecule has 124 valence electrons. The molecule has 1 aromatic heterocycles. The topological polar surface area (TPSA) is 60.2 Å². The van der Waals surface area contributed by atoms with E-state index in [9.17, 15) is 5.11 Å². The molecule has 1 aliphatic heterocycles. The van der Waals surface area contributed by atoms with Gasteiger partial charge in [0, 0.05) is 29.7 Å². The average molecular weight is 342 g/mol. The van der Waals surface area contributed by atoms with Crippen molar-refractivity contribution in [1.82, 2.24) is 4.98 Å². The maximum Gasteiger partial charge on any atom is 0.129 e. The monoisotopic (exact) mass is 341 g/mol. The van der Waals surface area contributed by atoms with E-state index in [2.05, 4.69) is 22.0 Å². The Labute approximate surface area is 147 Å². The van der Waals surface area contributed by atoms with Crippen LogP contribution in [0.2, 0.25) is 5.02 Å². The summed E-state index contributed by atoms with van der Waals surface area (Å²) in [5.74, 6) is 0.803. The zero-order valence-electron chi connectivity index (χ0n) is 13.5. The smallest absolute Gasteiger partial charge is 0.129 e. The number of aromatic nitrogens is 1. The summed E-state index contributed by atoms with van der Waals surface area (Å²) in [5, 5.41) is 19.9. The minimum atomic E-state index is -0.215. The van der Waals surface area contributed by atoms with Crippen molar-refractivity contribution in [2.75, 3.05) is 24.6 Å². The number of hydrogen-bond acceptors (Lipinski definition) is 4. The molecule has 24 heavy (non-hydrogen) atoms. The summed E-state index contributed by atoms with van der Waals surface area (Å²) >= 11 is 6.10. The molecule has 1 fully saturated rings. The molecule has 2 aromatic rings. The van der Waals surface area contributed by atoms with Crippen molar-refractivity contribution in [3.63, 3.8) is 0 Å². The lowest BCUT2D eigenvalue weighted by Gasteiger charge is -2.42. The number of benzene rings is 1. The summed E-state index contributed by atoms with van der Waals surface area (Å²) in [6, 6.07) is 13.5. The summed E-state index contributed by atoms with van der Waals surface area (Å²) in [7, 11) is 0. The van der Waals surface area contributed by atoms with Crippen LogP contribution in [0.15, 0.2) is 42.6 Å². The van der Waals surface area contributed by atoms with Crippen molar-refractivity contribution >= 4 is 17.4 Å². The minimum Gasteiger partial charge on any atom is -0.396 e. The molecule has 0 amide bonds. The van der Waals surface area contributed by atoms with Crippen molar-refractivity contribution < 1.29 is 5.11 Å². The summed E-state index contributed by atoms with van der Waals surface area (Å²) in [4.78, 5) is 6.58. The number of nitrogens with zero attached hydrogens (tertiary/aromatic N) is 3. The van der Waals surface area contributed by atoms with Crippen LogP contribution >= 0.6 is 11.6 Å². The van der Waals surface area contributed by atoms with Gasteiger partial charge in [-0.05, 0) is 49.1 Å². The Morgan fingerprint density at radius 2 is 2.21 bits per heavy atom. The van der Waals surface area contributed by atoms with E-state index in [0.717, 1.165) is 48.8 Å². The van der Waals surface area contributed by atoms with E-state index in [1.54, 1.807) is 12.3 Å². The zero-order chi connectivity index (χ0) is 17.0. The first-order chi connectivity index (χ1) is 11.6. The molecule has 0 radical (unpaired) electrons. The third-order valence-corrected chi connectivity index (χ3v) is 4.90. The summed E-state index contributed by atoms with van der Waals surface area (Å²) in [6.07, 6.45) is 4.39. The predicted octanol–water partition coefficient (Wildman–Crippen LogP) is 3.43. The lowest BCUT2D eigenvalue weighted by Crippen LogP contribution is -2.47. The van der Waals surface area contributed by atoms with Crippen LogP contribution < -0.4 is 4.90 Å². The lowest BCUT2D eigenvalue weighted by atomic mass is 9.75. The van der Waals surface area contributed by atoms with E-state index in [1.165, 1.54) is 0 Å². The van der Waals surface area contributed by atoms with Crippen LogP contribution in [-0.4, -0.2) is 29.8 Å². The number of anilines is 1. The van der Waals surface area contributed by atoms with Gasteiger partial charge in [0.05, 0.1) is 18.2 Å². The molecule has 0 aliphatic carbocycles. The van der Waals surface area contributed by atoms with Gasteiger partial charge in [0.15, 0.2) is 0 Å². The van der Waals surface area contributed by atoms with Crippen molar-refractivity contribution in [2.24, 2.45) is 5.41 Å². The van der Waals surface area contributed by atoms with E-state index in [1.807, 2.05) is 24.3 Å². The molecule has 5 heteroatoms. The molecule has 1 atom stereocenters. The first-order valence-electron chi connectivity index (χ1n) is 8.11. The van der Waals surface area contributed by atoms with Crippen molar-refractivity contribution in [2.45, 2.75) is 19.3 Å². The van der Waals surface area contributed by atoms with E-state index < -0.39 is 0 Å². The maximum atomic E-state index is 10.1. The lowest BCUT2D eigenvalue weighted by molar-refractivity contribution is 0.105. The van der Waals surface area contributed by atoms with Crippen LogP contribution in [0, 0.1) is 16.7 Å². The molecule has 0 saturated carbocycles. The van der Waals surface area contributed by atoms with Crippen LogP contribution in [-0.2, 0) is 6.42 Å². The van der Waals surface area contributed by atoms with Gasteiger partial charge in [0.2, 0.25) is 0 Å². The van der Waals surface area contributed by atoms with E-state index in [-0.39, 0.29) is 12.0 Å². The highest BCUT2D eigenvalue weighted by Gasteiger charge is 2.35. The second-order valence-electron chi connectivity index (χ2n) is 6.50. The molecular weight excluding hydrogens is 322 g/mol. The molecule has 3 rings (SSSR count). The van der Waals surface area contributed by atoms with Gasteiger partial charge >= 0.3 is 0 Å². The predicted molar refractivity (Wildman–Crippen MR) is 95.1 cm³/mol. The van der Waals surface area contributed by atoms with Crippen LogP contribution in [0.1, 0.15) is 24.0 Å². The Hall–Kier alpha value is -2.09. The number of nitriles is 1. The summed E-state index contributed by atoms with van der Waals surface area (Å²) < 4.78 is 0. The van der Waals surface area contributed by atoms with Gasteiger partial charge in [0.1, 0.15) is 5.82 Å². The van der Waals surface area contributed by atoms with Gasteiger partial charge in [-0.15, -0.1) is 0 Å². The van der Waals surface area contributed by atoms with Gasteiger partial charge < -0.3 is 10.0 Å². The van der Waals surface area contributed by atoms with Gasteiger partial charge in [-0.3, -0.25) is 0 Å². The van der Waals surface area contributed by atoms with E-state index >= 15 is 0 Å². The zero-order valence-corrected chi connectivity index (χ0v) is 14.2. The Balaban J connectivity index is 1.82. The van der Waals surface area contributed by atoms with Gasteiger partial charge in [-0.25, -0.2) is 4.98 Å². The maximum absolute atomic E-state index is 10.1. The van der Waals surface area contributed by atoms with Crippen molar-refractivity contribution in [1.29, 1.82) is 5.26 Å². The second-order valence-corrected chi connectivity index (χ2v) is 6.94. The Bertz CT molecular complexity index is 758. The van der Waals surface area contributed by atoms with Crippen LogP contribution in [0.25, 0.3) is 0 Å². The average Bonchev–Trinajstić information content (AvgIpc) is 2.62. The summed E-state index contributed by atoms with van der Waals surface area (Å²) in [6.45, 7) is 1.73. The molecule has 1 aliphatic rings. The first kappa shape index (κ1) is 16.8. The van der Waals surface area contributed by atoms with Gasteiger partial charge in [-0.2, -0.15) is 5.26 Å². The fourth-order valence-corrected chi connectivity index (χ4v) is 3.69. The van der Waals surface area contributed by atoms with E-state index in [0.29, 0.717) is 5.56 Å². The molecule has 1 unspecified atom stereocenters. The molecule has 4 nitrogen and oxygen atoms in total. The first-order valence-corrected chi connectivity index (χ1v) is 8.48. The molecule has 0 spiro atoms. The molecule has 2 heterocycles. The third kappa shape index (κ3) is 3.69. The molecule has 1 aromatic carbocycles. The third-order valence-electron chi connectivity index (χ3n) is 4.66. The highest BCUT2D eigenvalue weighted by atomic mass is 35.5. The Morgan fingerprint density at radius 1 is 1.33 bits per heavy atom. The normalized spacial score (nSPS) is 20.6. The van der Waals surface area contributed by atoms with Gasteiger partial charge in [-0.1, -0.05) is 23.7 Å². The second kappa shape index (κ2) is 7.21. The number of hydrogen-bond donors (Lipinski definition) is 1.